The highest BCUT2D eigenvalue weighted by atomic mass is 16.3. The number of hydrogen-bond acceptors (Lipinski definition) is 3. The first-order chi connectivity index (χ1) is 8.83. The Morgan fingerprint density at radius 1 is 1.28 bits per heavy atom. The molecule has 2 heterocycles. The Labute approximate surface area is 110 Å². The van der Waals surface area contributed by atoms with Crippen LogP contribution in [-0.4, -0.2) is 30.6 Å². The fourth-order valence-corrected chi connectivity index (χ4v) is 2.93. The standard InChI is InChI=1S/C15H24N2O/c1-12-6-9-18-15(12)11-17(14-2-3-14)10-13-4-7-16-8-5-13/h6,9,13-14,16H,2-5,7-8,10-11H2,1H3. The van der Waals surface area contributed by atoms with Crippen LogP contribution in [0.1, 0.15) is 37.0 Å². The second kappa shape index (κ2) is 5.45. The summed E-state index contributed by atoms with van der Waals surface area (Å²) < 4.78 is 5.61. The van der Waals surface area contributed by atoms with E-state index < -0.39 is 0 Å². The summed E-state index contributed by atoms with van der Waals surface area (Å²) in [6, 6.07) is 2.90. The molecule has 18 heavy (non-hydrogen) atoms. The zero-order chi connectivity index (χ0) is 12.4. The molecule has 3 rings (SSSR count). The fraction of sp³-hybridized carbons (Fsp3) is 0.733. The quantitative estimate of drug-likeness (QED) is 0.868. The van der Waals surface area contributed by atoms with Gasteiger partial charge in [-0.05, 0) is 63.2 Å². The highest BCUT2D eigenvalue weighted by molar-refractivity contribution is 5.14. The molecule has 1 saturated carbocycles. The average molecular weight is 248 g/mol. The molecule has 1 aliphatic carbocycles. The number of hydrogen-bond donors (Lipinski definition) is 1. The number of nitrogens with zero attached hydrogens (tertiary/aromatic N) is 1. The van der Waals surface area contributed by atoms with Crippen LogP contribution in [0.4, 0.5) is 0 Å². The number of aryl methyl sites for hydroxylation is 1. The first kappa shape index (κ1) is 12.2. The van der Waals surface area contributed by atoms with E-state index in [2.05, 4.69) is 23.2 Å². The van der Waals surface area contributed by atoms with E-state index in [0.29, 0.717) is 0 Å². The summed E-state index contributed by atoms with van der Waals surface area (Å²) in [6.45, 7) is 6.81. The van der Waals surface area contributed by atoms with Gasteiger partial charge in [0, 0.05) is 12.6 Å². The molecule has 0 aromatic carbocycles. The minimum Gasteiger partial charge on any atom is -0.468 e. The summed E-state index contributed by atoms with van der Waals surface area (Å²) >= 11 is 0. The van der Waals surface area contributed by atoms with Crippen molar-refractivity contribution in [2.45, 2.75) is 45.2 Å². The van der Waals surface area contributed by atoms with Crippen LogP contribution >= 0.6 is 0 Å². The molecule has 100 valence electrons. The second-order valence-corrected chi connectivity index (χ2v) is 5.88. The highest BCUT2D eigenvalue weighted by Gasteiger charge is 2.31. The summed E-state index contributed by atoms with van der Waals surface area (Å²) in [4.78, 5) is 2.65. The van der Waals surface area contributed by atoms with Gasteiger partial charge in [0.05, 0.1) is 12.8 Å². The Kier molecular flexibility index (Phi) is 3.71. The van der Waals surface area contributed by atoms with Crippen molar-refractivity contribution >= 4 is 0 Å². The summed E-state index contributed by atoms with van der Waals surface area (Å²) in [5, 5.41) is 3.45. The number of rotatable bonds is 5. The van der Waals surface area contributed by atoms with Crippen molar-refractivity contribution in [3.8, 4) is 0 Å². The lowest BCUT2D eigenvalue weighted by Gasteiger charge is -2.29. The van der Waals surface area contributed by atoms with Crippen molar-refractivity contribution in [3.63, 3.8) is 0 Å². The molecule has 3 heteroatoms. The Balaban J connectivity index is 1.59. The van der Waals surface area contributed by atoms with Gasteiger partial charge in [-0.25, -0.2) is 0 Å². The van der Waals surface area contributed by atoms with Gasteiger partial charge in [0.1, 0.15) is 5.76 Å². The van der Waals surface area contributed by atoms with E-state index in [1.165, 1.54) is 50.9 Å². The van der Waals surface area contributed by atoms with E-state index in [1.807, 2.05) is 6.26 Å². The number of piperidine rings is 1. The lowest BCUT2D eigenvalue weighted by atomic mass is 9.97. The monoisotopic (exact) mass is 248 g/mol. The molecular weight excluding hydrogens is 224 g/mol. The molecule has 0 amide bonds. The molecule has 0 atom stereocenters. The van der Waals surface area contributed by atoms with Gasteiger partial charge < -0.3 is 9.73 Å². The zero-order valence-corrected chi connectivity index (χ0v) is 11.3. The van der Waals surface area contributed by atoms with Crippen LogP contribution in [0.2, 0.25) is 0 Å². The maximum Gasteiger partial charge on any atom is 0.120 e. The van der Waals surface area contributed by atoms with Crippen molar-refractivity contribution in [2.75, 3.05) is 19.6 Å². The molecule has 2 fully saturated rings. The summed E-state index contributed by atoms with van der Waals surface area (Å²) in [7, 11) is 0. The molecule has 0 radical (unpaired) electrons. The van der Waals surface area contributed by atoms with Crippen LogP contribution in [0.5, 0.6) is 0 Å². The van der Waals surface area contributed by atoms with Crippen LogP contribution < -0.4 is 5.32 Å². The van der Waals surface area contributed by atoms with E-state index >= 15 is 0 Å². The van der Waals surface area contributed by atoms with Crippen molar-refractivity contribution in [1.82, 2.24) is 10.2 Å². The van der Waals surface area contributed by atoms with Crippen LogP contribution in [0.3, 0.4) is 0 Å². The molecule has 1 aliphatic heterocycles. The summed E-state index contributed by atoms with van der Waals surface area (Å²) in [5.41, 5.74) is 1.30. The molecule has 3 nitrogen and oxygen atoms in total. The van der Waals surface area contributed by atoms with Crippen LogP contribution in [0.15, 0.2) is 16.7 Å². The predicted molar refractivity (Wildman–Crippen MR) is 72.5 cm³/mol. The molecule has 0 bridgehead atoms. The average Bonchev–Trinajstić information content (AvgIpc) is 3.16. The molecule has 1 aromatic rings. The number of furan rings is 1. The molecule has 0 spiro atoms. The maximum absolute atomic E-state index is 5.61. The van der Waals surface area contributed by atoms with E-state index in [1.54, 1.807) is 0 Å². The van der Waals surface area contributed by atoms with E-state index in [4.69, 9.17) is 4.42 Å². The van der Waals surface area contributed by atoms with Crippen LogP contribution in [-0.2, 0) is 6.54 Å². The van der Waals surface area contributed by atoms with Gasteiger partial charge >= 0.3 is 0 Å². The van der Waals surface area contributed by atoms with E-state index in [9.17, 15) is 0 Å². The van der Waals surface area contributed by atoms with E-state index in [-0.39, 0.29) is 0 Å². The Bertz CT molecular complexity index is 378. The SMILES string of the molecule is Cc1ccoc1CN(CC1CCNCC1)C1CC1. The van der Waals surface area contributed by atoms with Gasteiger partial charge in [-0.15, -0.1) is 0 Å². The second-order valence-electron chi connectivity index (χ2n) is 5.88. The van der Waals surface area contributed by atoms with Gasteiger partial charge in [0.2, 0.25) is 0 Å². The summed E-state index contributed by atoms with van der Waals surface area (Å²) in [5.74, 6) is 2.04. The topological polar surface area (TPSA) is 28.4 Å². The van der Waals surface area contributed by atoms with Gasteiger partial charge in [0.25, 0.3) is 0 Å². The van der Waals surface area contributed by atoms with Gasteiger partial charge in [-0.2, -0.15) is 0 Å². The van der Waals surface area contributed by atoms with Gasteiger partial charge in [0.15, 0.2) is 0 Å². The Morgan fingerprint density at radius 2 is 2.06 bits per heavy atom. The minimum atomic E-state index is 0.824. The molecule has 1 aromatic heterocycles. The van der Waals surface area contributed by atoms with Gasteiger partial charge in [-0.3, -0.25) is 4.90 Å². The third kappa shape index (κ3) is 2.96. The lowest BCUT2D eigenvalue weighted by Crippen LogP contribution is -2.37. The van der Waals surface area contributed by atoms with Crippen molar-refractivity contribution < 1.29 is 4.42 Å². The Hall–Kier alpha value is -0.800. The minimum absolute atomic E-state index is 0.824. The fourth-order valence-electron chi connectivity index (χ4n) is 2.93. The molecule has 0 unspecified atom stereocenters. The van der Waals surface area contributed by atoms with Crippen LogP contribution in [0, 0.1) is 12.8 Å². The van der Waals surface area contributed by atoms with Crippen molar-refractivity contribution in [1.29, 1.82) is 0 Å². The summed E-state index contributed by atoms with van der Waals surface area (Å²) in [6.07, 6.45) is 7.25. The van der Waals surface area contributed by atoms with Gasteiger partial charge in [-0.1, -0.05) is 0 Å². The lowest BCUT2D eigenvalue weighted by molar-refractivity contribution is 0.178. The van der Waals surface area contributed by atoms with Crippen molar-refractivity contribution in [2.24, 2.45) is 5.92 Å². The zero-order valence-electron chi connectivity index (χ0n) is 11.3. The predicted octanol–water partition coefficient (Wildman–Crippen LogP) is 2.55. The van der Waals surface area contributed by atoms with E-state index in [0.717, 1.165) is 24.3 Å². The molecule has 1 N–H and O–H groups in total. The molecule has 2 aliphatic rings. The third-order valence-corrected chi connectivity index (χ3v) is 4.33. The van der Waals surface area contributed by atoms with Crippen LogP contribution in [0.25, 0.3) is 0 Å². The first-order valence-electron chi connectivity index (χ1n) is 7.30. The normalized spacial score (nSPS) is 21.7. The van der Waals surface area contributed by atoms with Crippen molar-refractivity contribution in [3.05, 3.63) is 23.7 Å². The molecule has 1 saturated heterocycles. The number of nitrogens with one attached hydrogen (secondary N) is 1. The first-order valence-corrected chi connectivity index (χ1v) is 7.30. The largest absolute Gasteiger partial charge is 0.468 e. The smallest absolute Gasteiger partial charge is 0.120 e. The maximum atomic E-state index is 5.61. The molecular formula is C15H24N2O. The highest BCUT2D eigenvalue weighted by Crippen LogP contribution is 2.30. The third-order valence-electron chi connectivity index (χ3n) is 4.33. The Morgan fingerprint density at radius 3 is 2.67 bits per heavy atom.